The molecule has 0 atom stereocenters. The summed E-state index contributed by atoms with van der Waals surface area (Å²) in [5.74, 6) is -1.61. The summed E-state index contributed by atoms with van der Waals surface area (Å²) in [6.45, 7) is 0.646. The van der Waals surface area contributed by atoms with Crippen LogP contribution in [0.3, 0.4) is 0 Å². The number of aromatic nitrogens is 6. The average Bonchev–Trinajstić information content (AvgIpc) is 3.47. The van der Waals surface area contributed by atoms with Gasteiger partial charge in [-0.2, -0.15) is 0 Å². The highest BCUT2D eigenvalue weighted by molar-refractivity contribution is 7.92. The molecule has 0 saturated carbocycles. The highest BCUT2D eigenvalue weighted by atomic mass is 35.5. The molecule has 0 aliphatic heterocycles. The van der Waals surface area contributed by atoms with Crippen LogP contribution in [0.4, 0.5) is 26.0 Å². The van der Waals surface area contributed by atoms with E-state index in [1.54, 1.807) is 36.1 Å². The summed E-state index contributed by atoms with van der Waals surface area (Å²) in [6.07, 6.45) is 4.28. The van der Waals surface area contributed by atoms with Crippen molar-refractivity contribution in [2.45, 2.75) is 4.90 Å². The molecule has 17 heteroatoms. The normalized spacial score (nSPS) is 11.7. The van der Waals surface area contributed by atoms with Gasteiger partial charge in [0.2, 0.25) is 5.88 Å². The Labute approximate surface area is 264 Å². The minimum Gasteiger partial charge on any atom is -0.474 e. The van der Waals surface area contributed by atoms with E-state index in [9.17, 15) is 12.8 Å². The zero-order valence-corrected chi connectivity index (χ0v) is 25.3. The van der Waals surface area contributed by atoms with E-state index in [4.69, 9.17) is 32.7 Å². The largest absolute Gasteiger partial charge is 0.474 e. The number of hydrogen-bond donors (Lipinski definition) is 2. The smallest absolute Gasteiger partial charge is 0.263 e. The number of imidazole rings is 1. The Morgan fingerprint density at radius 1 is 0.956 bits per heavy atom. The van der Waals surface area contributed by atoms with Crippen LogP contribution in [-0.4, -0.2) is 58.2 Å². The summed E-state index contributed by atoms with van der Waals surface area (Å²) in [5.41, 5.74) is 0.408. The maximum absolute atomic E-state index is 15.7. The molecular weight excluding hydrogens is 653 g/mol. The van der Waals surface area contributed by atoms with Crippen LogP contribution in [0.5, 0.6) is 5.88 Å². The number of pyridine rings is 2. The Bertz CT molecular complexity index is 2190. The molecule has 45 heavy (non-hydrogen) atoms. The van der Waals surface area contributed by atoms with Crippen LogP contribution >= 0.6 is 23.2 Å². The minimum absolute atomic E-state index is 0.0137. The molecule has 0 fully saturated rings. The lowest BCUT2D eigenvalue weighted by molar-refractivity contribution is 0.144. The second-order valence-electron chi connectivity index (χ2n) is 9.27. The number of benzene rings is 2. The lowest BCUT2D eigenvalue weighted by Gasteiger charge is -2.15. The Morgan fingerprint density at radius 2 is 1.80 bits per heavy atom. The van der Waals surface area contributed by atoms with Crippen LogP contribution in [0.15, 0.2) is 72.3 Å². The van der Waals surface area contributed by atoms with Gasteiger partial charge in [0.1, 0.15) is 47.0 Å². The zero-order chi connectivity index (χ0) is 31.7. The average molecular weight is 673 g/mol. The number of rotatable bonds is 10. The predicted octanol–water partition coefficient (Wildman–Crippen LogP) is 5.91. The van der Waals surface area contributed by atoms with Gasteiger partial charge < -0.3 is 14.8 Å². The standard InChI is InChI=1S/C28H20Cl2F2N8O4S/c1-43-11-12-44-28-26-19(9-10-33-28)40(14-36-26)21-8-7-18-25(37-21)27(35-13-34-18)38-24-16(31)5-6-17(23(24)32)39-45(41,42)20-4-2-3-15(29)22(20)30/h2-10,13-14,39H,11-12H2,1H3,(H,34,35,38). The highest BCUT2D eigenvalue weighted by Gasteiger charge is 2.24. The number of halogens is 4. The second-order valence-corrected chi connectivity index (χ2v) is 11.7. The van der Waals surface area contributed by atoms with Crippen molar-refractivity contribution in [3.05, 3.63) is 89.1 Å². The Balaban J connectivity index is 1.36. The van der Waals surface area contributed by atoms with Gasteiger partial charge in [-0.1, -0.05) is 29.3 Å². The van der Waals surface area contributed by atoms with Crippen molar-refractivity contribution in [1.29, 1.82) is 0 Å². The summed E-state index contributed by atoms with van der Waals surface area (Å²) < 4.78 is 71.1. The predicted molar refractivity (Wildman–Crippen MR) is 164 cm³/mol. The van der Waals surface area contributed by atoms with Crippen molar-refractivity contribution < 1.29 is 26.7 Å². The van der Waals surface area contributed by atoms with Gasteiger partial charge in [-0.25, -0.2) is 42.1 Å². The first-order chi connectivity index (χ1) is 21.7. The molecule has 12 nitrogen and oxygen atoms in total. The third-order valence-corrected chi connectivity index (χ3v) is 8.79. The fourth-order valence-electron chi connectivity index (χ4n) is 4.34. The molecule has 0 radical (unpaired) electrons. The fraction of sp³-hybridized carbons (Fsp3) is 0.107. The first kappa shape index (κ1) is 30.3. The van der Waals surface area contributed by atoms with Gasteiger partial charge in [0.05, 0.1) is 33.4 Å². The number of hydrogen-bond acceptors (Lipinski definition) is 10. The summed E-state index contributed by atoms with van der Waals surface area (Å²) >= 11 is 12.0. The molecule has 6 rings (SSSR count). The van der Waals surface area contributed by atoms with E-state index >= 15 is 4.39 Å². The number of anilines is 3. The topological polar surface area (TPSA) is 146 Å². The molecule has 4 heterocycles. The van der Waals surface area contributed by atoms with Crippen molar-refractivity contribution in [1.82, 2.24) is 29.5 Å². The van der Waals surface area contributed by atoms with E-state index in [-0.39, 0.29) is 32.9 Å². The molecule has 0 amide bonds. The number of methoxy groups -OCH3 is 1. The van der Waals surface area contributed by atoms with Gasteiger partial charge in [0, 0.05) is 13.3 Å². The summed E-state index contributed by atoms with van der Waals surface area (Å²) in [4.78, 5) is 21.3. The summed E-state index contributed by atoms with van der Waals surface area (Å²) in [5, 5.41) is 2.34. The van der Waals surface area contributed by atoms with Crippen LogP contribution in [0.1, 0.15) is 0 Å². The van der Waals surface area contributed by atoms with Gasteiger partial charge in [-0.15, -0.1) is 0 Å². The molecular formula is C28H20Cl2F2N8O4S. The number of fused-ring (bicyclic) bond motifs is 2. The molecule has 0 spiro atoms. The molecule has 0 aliphatic rings. The van der Waals surface area contributed by atoms with Gasteiger partial charge in [0.15, 0.2) is 17.2 Å². The SMILES string of the molecule is COCCOc1nccc2c1ncn2-c1ccc2ncnc(Nc3c(F)ccc(NS(=O)(=O)c4cccc(Cl)c4Cl)c3F)c2n1. The number of nitrogens with one attached hydrogen (secondary N) is 2. The summed E-state index contributed by atoms with van der Waals surface area (Å²) in [6, 6.07) is 10.9. The Morgan fingerprint density at radius 3 is 2.62 bits per heavy atom. The van der Waals surface area contributed by atoms with Crippen LogP contribution in [0, 0.1) is 11.6 Å². The van der Waals surface area contributed by atoms with Gasteiger partial charge in [-0.3, -0.25) is 9.29 Å². The van der Waals surface area contributed by atoms with E-state index in [2.05, 4.69) is 35.0 Å². The molecule has 0 saturated heterocycles. The number of sulfonamides is 1. The first-order valence-electron chi connectivity index (χ1n) is 13.0. The lowest BCUT2D eigenvalue weighted by Crippen LogP contribution is -2.15. The van der Waals surface area contributed by atoms with Crippen molar-refractivity contribution >= 4 is 72.5 Å². The molecule has 0 unspecified atom stereocenters. The van der Waals surface area contributed by atoms with E-state index in [0.717, 1.165) is 12.1 Å². The van der Waals surface area contributed by atoms with Gasteiger partial charge in [-0.05, 0) is 42.5 Å². The molecule has 2 aromatic carbocycles. The maximum Gasteiger partial charge on any atom is 0.263 e. The summed E-state index contributed by atoms with van der Waals surface area (Å²) in [7, 11) is -2.85. The van der Waals surface area contributed by atoms with E-state index in [1.807, 2.05) is 0 Å². The lowest BCUT2D eigenvalue weighted by atomic mass is 10.2. The van der Waals surface area contributed by atoms with Crippen molar-refractivity contribution in [2.75, 3.05) is 30.4 Å². The quantitative estimate of drug-likeness (QED) is 0.168. The minimum atomic E-state index is -4.41. The second kappa shape index (κ2) is 12.4. The Kier molecular flexibility index (Phi) is 8.33. The van der Waals surface area contributed by atoms with Crippen LogP contribution < -0.4 is 14.8 Å². The fourth-order valence-corrected chi connectivity index (χ4v) is 6.16. The monoisotopic (exact) mass is 672 g/mol. The van der Waals surface area contributed by atoms with E-state index in [1.165, 1.54) is 30.9 Å². The van der Waals surface area contributed by atoms with Crippen LogP contribution in [0.25, 0.3) is 27.9 Å². The highest BCUT2D eigenvalue weighted by Crippen LogP contribution is 2.34. The molecule has 0 bridgehead atoms. The first-order valence-corrected chi connectivity index (χ1v) is 15.2. The third-order valence-electron chi connectivity index (χ3n) is 6.46. The molecule has 4 aromatic heterocycles. The van der Waals surface area contributed by atoms with Crippen molar-refractivity contribution in [2.24, 2.45) is 0 Å². The maximum atomic E-state index is 15.7. The number of nitrogens with zero attached hydrogens (tertiary/aromatic N) is 6. The molecule has 2 N–H and O–H groups in total. The van der Waals surface area contributed by atoms with E-state index < -0.39 is 33.0 Å². The molecule has 0 aliphatic carbocycles. The molecule has 6 aromatic rings. The van der Waals surface area contributed by atoms with Crippen LogP contribution in [-0.2, 0) is 14.8 Å². The zero-order valence-electron chi connectivity index (χ0n) is 23.0. The van der Waals surface area contributed by atoms with Crippen LogP contribution in [0.2, 0.25) is 10.0 Å². The van der Waals surface area contributed by atoms with Crippen molar-refractivity contribution in [3.8, 4) is 11.7 Å². The third kappa shape index (κ3) is 5.90. The van der Waals surface area contributed by atoms with E-state index in [0.29, 0.717) is 34.9 Å². The van der Waals surface area contributed by atoms with Gasteiger partial charge in [0.25, 0.3) is 10.0 Å². The van der Waals surface area contributed by atoms with Crippen molar-refractivity contribution in [3.63, 3.8) is 0 Å². The molecule has 230 valence electrons. The number of ether oxygens (including phenoxy) is 2. The Hall–Kier alpha value is -4.70. The van der Waals surface area contributed by atoms with Gasteiger partial charge >= 0.3 is 0 Å².